The van der Waals surface area contributed by atoms with Crippen molar-refractivity contribution in [2.45, 2.75) is 6.42 Å². The second-order valence-corrected chi connectivity index (χ2v) is 5.18. The van der Waals surface area contributed by atoms with Gasteiger partial charge in [-0.2, -0.15) is 0 Å². The molecule has 7 heteroatoms. The predicted molar refractivity (Wildman–Crippen MR) is 90.9 cm³/mol. The van der Waals surface area contributed by atoms with Gasteiger partial charge >= 0.3 is 6.09 Å². The number of amides is 1. The van der Waals surface area contributed by atoms with Crippen LogP contribution in [0.25, 0.3) is 22.4 Å². The Labute approximate surface area is 138 Å². The number of ether oxygens (including phenoxy) is 2. The van der Waals surface area contributed by atoms with Crippen molar-refractivity contribution < 1.29 is 14.3 Å². The van der Waals surface area contributed by atoms with Gasteiger partial charge in [0.25, 0.3) is 0 Å². The number of benzene rings is 2. The van der Waals surface area contributed by atoms with Crippen LogP contribution in [-0.2, 0) is 0 Å². The van der Waals surface area contributed by atoms with Crippen molar-refractivity contribution in [3.8, 4) is 22.9 Å². The molecule has 0 atom stereocenters. The van der Waals surface area contributed by atoms with Gasteiger partial charge in [0.1, 0.15) is 17.1 Å². The van der Waals surface area contributed by atoms with Gasteiger partial charge in [-0.15, -0.1) is 0 Å². The van der Waals surface area contributed by atoms with Crippen molar-refractivity contribution in [3.63, 3.8) is 0 Å². The maximum absolute atomic E-state index is 11.0. The van der Waals surface area contributed by atoms with E-state index in [0.29, 0.717) is 30.2 Å². The highest BCUT2D eigenvalue weighted by atomic mass is 16.5. The van der Waals surface area contributed by atoms with Crippen LogP contribution in [-0.4, -0.2) is 29.2 Å². The zero-order valence-electron chi connectivity index (χ0n) is 13.0. The molecule has 0 aliphatic rings. The molecule has 0 fully saturated rings. The largest absolute Gasteiger partial charge is 0.494 e. The van der Waals surface area contributed by atoms with E-state index in [1.54, 1.807) is 12.1 Å². The Hall–Kier alpha value is -3.06. The van der Waals surface area contributed by atoms with E-state index in [2.05, 4.69) is 9.97 Å². The lowest BCUT2D eigenvalue weighted by Gasteiger charge is -2.06. The van der Waals surface area contributed by atoms with E-state index >= 15 is 0 Å². The third-order valence-corrected chi connectivity index (χ3v) is 3.41. The summed E-state index contributed by atoms with van der Waals surface area (Å²) in [6.07, 6.45) is -0.0785. The molecule has 124 valence electrons. The van der Waals surface area contributed by atoms with Gasteiger partial charge < -0.3 is 25.9 Å². The number of aromatic amines is 1. The molecule has 1 aromatic heterocycles. The summed E-state index contributed by atoms with van der Waals surface area (Å²) in [7, 11) is 0. The number of imidazole rings is 1. The number of nitrogens with zero attached hydrogens (tertiary/aromatic N) is 1. The summed E-state index contributed by atoms with van der Waals surface area (Å²) >= 11 is 0. The molecule has 3 rings (SSSR count). The highest BCUT2D eigenvalue weighted by Gasteiger charge is 2.12. The average Bonchev–Trinajstić information content (AvgIpc) is 3.00. The van der Waals surface area contributed by atoms with E-state index in [9.17, 15) is 4.79 Å². The molecule has 24 heavy (non-hydrogen) atoms. The highest BCUT2D eigenvalue weighted by molar-refractivity contribution is 5.87. The van der Waals surface area contributed by atoms with Crippen LogP contribution in [0.4, 0.5) is 4.79 Å². The van der Waals surface area contributed by atoms with Crippen LogP contribution in [0.5, 0.6) is 11.5 Å². The lowest BCUT2D eigenvalue weighted by molar-refractivity contribution is 0.211. The lowest BCUT2D eigenvalue weighted by Crippen LogP contribution is -2.16. The molecule has 3 aromatic rings. The topological polar surface area (TPSA) is 116 Å². The second-order valence-electron chi connectivity index (χ2n) is 5.18. The number of hydrogen-bond acceptors (Lipinski definition) is 5. The fraction of sp³-hybridized carbons (Fsp3) is 0.176. The van der Waals surface area contributed by atoms with Crippen LogP contribution < -0.4 is 20.9 Å². The number of fused-ring (bicyclic) bond motifs is 1. The van der Waals surface area contributed by atoms with Crippen molar-refractivity contribution >= 4 is 17.1 Å². The fourth-order valence-corrected chi connectivity index (χ4v) is 2.34. The Kier molecular flexibility index (Phi) is 4.62. The van der Waals surface area contributed by atoms with Crippen LogP contribution in [0.2, 0.25) is 0 Å². The number of primary amides is 1. The summed E-state index contributed by atoms with van der Waals surface area (Å²) in [6.45, 7) is 1.16. The average molecular weight is 326 g/mol. The first-order valence-corrected chi connectivity index (χ1v) is 7.56. The minimum Gasteiger partial charge on any atom is -0.494 e. The van der Waals surface area contributed by atoms with Crippen molar-refractivity contribution in [1.29, 1.82) is 0 Å². The first-order valence-electron chi connectivity index (χ1n) is 7.56. The standard InChI is InChI=1S/C17H18N4O3/c18-8-3-9-23-12-5-1-4-11(10-12)16-20-13-6-2-7-14(15(13)21-16)24-17(19)22/h1-2,4-7,10H,3,8-9,18H2,(H2,19,22)(H,20,21). The molecule has 1 heterocycles. The molecule has 1 amide bonds. The molecular weight excluding hydrogens is 308 g/mol. The molecule has 0 aliphatic carbocycles. The maximum atomic E-state index is 11.0. The van der Waals surface area contributed by atoms with E-state index in [1.165, 1.54) is 0 Å². The van der Waals surface area contributed by atoms with Gasteiger partial charge in [0.2, 0.25) is 0 Å². The van der Waals surface area contributed by atoms with Crippen LogP contribution in [0.15, 0.2) is 42.5 Å². The number of hydrogen-bond donors (Lipinski definition) is 3. The molecule has 0 aliphatic heterocycles. The van der Waals surface area contributed by atoms with E-state index in [4.69, 9.17) is 20.9 Å². The first kappa shape index (κ1) is 15.8. The molecule has 2 aromatic carbocycles. The normalized spacial score (nSPS) is 10.7. The minimum absolute atomic E-state index is 0.317. The monoisotopic (exact) mass is 326 g/mol. The zero-order chi connectivity index (χ0) is 16.9. The molecule has 0 radical (unpaired) electrons. The van der Waals surface area contributed by atoms with Gasteiger partial charge in [-0.05, 0) is 37.2 Å². The summed E-state index contributed by atoms with van der Waals surface area (Å²) in [6, 6.07) is 12.8. The molecule has 0 saturated carbocycles. The molecular formula is C17H18N4O3. The third kappa shape index (κ3) is 3.47. The molecule has 0 saturated heterocycles. The van der Waals surface area contributed by atoms with Gasteiger partial charge in [0.05, 0.1) is 12.1 Å². The smallest absolute Gasteiger partial charge is 0.410 e. The number of nitrogens with one attached hydrogen (secondary N) is 1. The Balaban J connectivity index is 1.92. The number of rotatable bonds is 6. The number of carbonyl (C=O) groups excluding carboxylic acids is 1. The third-order valence-electron chi connectivity index (χ3n) is 3.41. The van der Waals surface area contributed by atoms with E-state index in [1.807, 2.05) is 30.3 Å². The van der Waals surface area contributed by atoms with Crippen LogP contribution in [0.3, 0.4) is 0 Å². The quantitative estimate of drug-likeness (QED) is 0.601. The highest BCUT2D eigenvalue weighted by Crippen LogP contribution is 2.28. The van der Waals surface area contributed by atoms with Gasteiger partial charge in [0, 0.05) is 5.56 Å². The Morgan fingerprint density at radius 3 is 2.83 bits per heavy atom. The van der Waals surface area contributed by atoms with E-state index in [0.717, 1.165) is 23.3 Å². The van der Waals surface area contributed by atoms with Crippen molar-refractivity contribution in [3.05, 3.63) is 42.5 Å². The molecule has 0 spiro atoms. The summed E-state index contributed by atoms with van der Waals surface area (Å²) in [5.74, 6) is 1.71. The Morgan fingerprint density at radius 2 is 2.04 bits per heavy atom. The number of carbonyl (C=O) groups is 1. The van der Waals surface area contributed by atoms with Gasteiger partial charge in [-0.1, -0.05) is 18.2 Å². The molecule has 7 nitrogen and oxygen atoms in total. The predicted octanol–water partition coefficient (Wildman–Crippen LogP) is 2.42. The van der Waals surface area contributed by atoms with Gasteiger partial charge in [0.15, 0.2) is 5.75 Å². The second kappa shape index (κ2) is 7.01. The lowest BCUT2D eigenvalue weighted by atomic mass is 10.2. The summed E-state index contributed by atoms with van der Waals surface area (Å²) < 4.78 is 10.6. The van der Waals surface area contributed by atoms with Crippen LogP contribution in [0, 0.1) is 0 Å². The van der Waals surface area contributed by atoms with Crippen molar-refractivity contribution in [2.24, 2.45) is 11.5 Å². The molecule has 0 unspecified atom stereocenters. The van der Waals surface area contributed by atoms with Crippen molar-refractivity contribution in [1.82, 2.24) is 9.97 Å². The van der Waals surface area contributed by atoms with E-state index in [-0.39, 0.29) is 0 Å². The number of para-hydroxylation sites is 1. The Morgan fingerprint density at radius 1 is 1.21 bits per heavy atom. The van der Waals surface area contributed by atoms with E-state index < -0.39 is 6.09 Å². The fourth-order valence-electron chi connectivity index (χ4n) is 2.34. The summed E-state index contributed by atoms with van der Waals surface area (Å²) in [5, 5.41) is 0. The van der Waals surface area contributed by atoms with Gasteiger partial charge in [-0.25, -0.2) is 9.78 Å². The van der Waals surface area contributed by atoms with Gasteiger partial charge in [-0.3, -0.25) is 0 Å². The molecule has 5 N–H and O–H groups in total. The van der Waals surface area contributed by atoms with Crippen LogP contribution in [0.1, 0.15) is 6.42 Å². The van der Waals surface area contributed by atoms with Crippen LogP contribution >= 0.6 is 0 Å². The number of nitrogens with two attached hydrogens (primary N) is 2. The number of H-pyrrole nitrogens is 1. The Bertz CT molecular complexity index is 860. The summed E-state index contributed by atoms with van der Waals surface area (Å²) in [4.78, 5) is 18.7. The number of aromatic nitrogens is 2. The molecule has 0 bridgehead atoms. The first-order chi connectivity index (χ1) is 11.7. The van der Waals surface area contributed by atoms with Crippen molar-refractivity contribution in [2.75, 3.05) is 13.2 Å². The summed E-state index contributed by atoms with van der Waals surface area (Å²) in [5.41, 5.74) is 12.7. The SMILES string of the molecule is NCCCOc1cccc(-c2nc3c(OC(N)=O)cccc3[nH]2)c1. The zero-order valence-corrected chi connectivity index (χ0v) is 13.0. The minimum atomic E-state index is -0.873. The maximum Gasteiger partial charge on any atom is 0.410 e.